The van der Waals surface area contributed by atoms with Crippen LogP contribution in [0.25, 0.3) is 0 Å². The van der Waals surface area contributed by atoms with Crippen molar-refractivity contribution in [2.24, 2.45) is 0 Å². The van der Waals surface area contributed by atoms with Crippen LogP contribution >= 0.6 is 0 Å². The van der Waals surface area contributed by atoms with Gasteiger partial charge in [0, 0.05) is 5.56 Å². The number of benzene rings is 1. The van der Waals surface area contributed by atoms with Gasteiger partial charge < -0.3 is 14.2 Å². The van der Waals surface area contributed by atoms with Crippen LogP contribution in [0.3, 0.4) is 0 Å². The third-order valence-electron chi connectivity index (χ3n) is 2.15. The lowest BCUT2D eigenvalue weighted by Crippen LogP contribution is -2.26. The highest BCUT2D eigenvalue weighted by atomic mass is 16.7. The number of carbonyl (C=O) groups is 2. The fourth-order valence-electron chi connectivity index (χ4n) is 1.33. The van der Waals surface area contributed by atoms with Gasteiger partial charge in [0.15, 0.2) is 17.3 Å². The molecule has 19 heavy (non-hydrogen) atoms. The lowest BCUT2D eigenvalue weighted by Gasteiger charge is -2.19. The van der Waals surface area contributed by atoms with E-state index in [4.69, 9.17) is 14.2 Å². The molecule has 0 saturated heterocycles. The molecule has 5 heteroatoms. The number of ether oxygens (including phenoxy) is 3. The number of rotatable bonds is 3. The Labute approximate surface area is 112 Å². The Morgan fingerprint density at radius 2 is 1.74 bits per heavy atom. The van der Waals surface area contributed by atoms with Crippen LogP contribution in [0.1, 0.15) is 38.1 Å². The van der Waals surface area contributed by atoms with Crippen LogP contribution < -0.4 is 9.47 Å². The summed E-state index contributed by atoms with van der Waals surface area (Å²) in [6.07, 6.45) is -0.818. The molecule has 0 fully saturated rings. The van der Waals surface area contributed by atoms with Crippen LogP contribution in [0.2, 0.25) is 0 Å². The van der Waals surface area contributed by atoms with Gasteiger partial charge in [-0.05, 0) is 45.9 Å². The fraction of sp³-hybridized carbons (Fsp3) is 0.429. The second-order valence-corrected chi connectivity index (χ2v) is 4.99. The standard InChI is InChI=1S/C14H18O5/c1-9(15)10-6-7-11(12(8-10)17-5)18-13(16)19-14(2,3)4/h6-8H,1-5H3. The Morgan fingerprint density at radius 3 is 2.21 bits per heavy atom. The SMILES string of the molecule is COc1cc(C(C)=O)ccc1OC(=O)OC(C)(C)C. The van der Waals surface area contributed by atoms with Gasteiger partial charge in [0.2, 0.25) is 0 Å². The monoisotopic (exact) mass is 266 g/mol. The Balaban J connectivity index is 2.89. The molecule has 0 saturated carbocycles. The average Bonchev–Trinajstić information content (AvgIpc) is 2.26. The molecule has 0 atom stereocenters. The fourth-order valence-corrected chi connectivity index (χ4v) is 1.33. The number of ketones is 1. The van der Waals surface area contributed by atoms with E-state index >= 15 is 0 Å². The minimum Gasteiger partial charge on any atom is -0.493 e. The molecule has 0 N–H and O–H groups in total. The van der Waals surface area contributed by atoms with Crippen LogP contribution in [-0.2, 0) is 4.74 Å². The van der Waals surface area contributed by atoms with Crippen molar-refractivity contribution in [1.29, 1.82) is 0 Å². The van der Waals surface area contributed by atoms with Crippen molar-refractivity contribution in [1.82, 2.24) is 0 Å². The minimum atomic E-state index is -0.818. The molecule has 0 bridgehead atoms. The average molecular weight is 266 g/mol. The van der Waals surface area contributed by atoms with Crippen LogP contribution in [0.5, 0.6) is 11.5 Å². The van der Waals surface area contributed by atoms with E-state index in [-0.39, 0.29) is 11.5 Å². The van der Waals surface area contributed by atoms with E-state index in [1.807, 2.05) is 0 Å². The van der Waals surface area contributed by atoms with Gasteiger partial charge in [-0.2, -0.15) is 0 Å². The van der Waals surface area contributed by atoms with E-state index in [0.717, 1.165) is 0 Å². The maximum Gasteiger partial charge on any atom is 0.514 e. The first-order valence-corrected chi connectivity index (χ1v) is 5.83. The second kappa shape index (κ2) is 5.73. The summed E-state index contributed by atoms with van der Waals surface area (Å²) in [6, 6.07) is 4.58. The third-order valence-corrected chi connectivity index (χ3v) is 2.15. The smallest absolute Gasteiger partial charge is 0.493 e. The van der Waals surface area contributed by atoms with E-state index in [9.17, 15) is 9.59 Å². The molecule has 5 nitrogen and oxygen atoms in total. The molecule has 0 amide bonds. The van der Waals surface area contributed by atoms with Gasteiger partial charge in [-0.25, -0.2) is 4.79 Å². The van der Waals surface area contributed by atoms with Crippen LogP contribution in [0.4, 0.5) is 4.79 Å². The van der Waals surface area contributed by atoms with E-state index in [2.05, 4.69) is 0 Å². The number of hydrogen-bond donors (Lipinski definition) is 0. The summed E-state index contributed by atoms with van der Waals surface area (Å²) in [6.45, 7) is 6.67. The molecule has 0 aromatic heterocycles. The lowest BCUT2D eigenvalue weighted by atomic mass is 10.1. The molecule has 1 aromatic rings. The molecule has 0 radical (unpaired) electrons. The predicted molar refractivity (Wildman–Crippen MR) is 69.9 cm³/mol. The summed E-state index contributed by atoms with van der Waals surface area (Å²) in [5, 5.41) is 0. The minimum absolute atomic E-state index is 0.0953. The first kappa shape index (κ1) is 15.0. The molecule has 0 aliphatic heterocycles. The quantitative estimate of drug-likeness (QED) is 0.477. The molecule has 0 heterocycles. The maximum absolute atomic E-state index is 11.5. The van der Waals surface area contributed by atoms with E-state index in [1.54, 1.807) is 26.8 Å². The maximum atomic E-state index is 11.5. The molecule has 0 aliphatic carbocycles. The Kier molecular flexibility index (Phi) is 4.53. The molecular weight excluding hydrogens is 248 g/mol. The van der Waals surface area contributed by atoms with E-state index in [1.165, 1.54) is 26.2 Å². The zero-order chi connectivity index (χ0) is 14.6. The summed E-state index contributed by atoms with van der Waals surface area (Å²) in [7, 11) is 1.43. The Morgan fingerprint density at radius 1 is 1.11 bits per heavy atom. The van der Waals surface area contributed by atoms with Crippen molar-refractivity contribution in [3.05, 3.63) is 23.8 Å². The lowest BCUT2D eigenvalue weighted by molar-refractivity contribution is 0.0201. The van der Waals surface area contributed by atoms with Crippen LogP contribution in [0, 0.1) is 0 Å². The highest BCUT2D eigenvalue weighted by Gasteiger charge is 2.19. The number of Topliss-reactive ketones (excluding diaryl/α,β-unsaturated/α-hetero) is 1. The first-order chi connectivity index (χ1) is 8.73. The molecule has 1 rings (SSSR count). The topological polar surface area (TPSA) is 61.8 Å². The number of carbonyl (C=O) groups excluding carboxylic acids is 2. The van der Waals surface area contributed by atoms with Crippen molar-refractivity contribution in [3.8, 4) is 11.5 Å². The molecule has 1 aromatic carbocycles. The van der Waals surface area contributed by atoms with Crippen LogP contribution in [-0.4, -0.2) is 24.6 Å². The van der Waals surface area contributed by atoms with Crippen molar-refractivity contribution in [2.45, 2.75) is 33.3 Å². The van der Waals surface area contributed by atoms with Crippen molar-refractivity contribution < 1.29 is 23.8 Å². The van der Waals surface area contributed by atoms with Crippen LogP contribution in [0.15, 0.2) is 18.2 Å². The summed E-state index contributed by atoms with van der Waals surface area (Å²) in [5.74, 6) is 0.419. The first-order valence-electron chi connectivity index (χ1n) is 5.83. The van der Waals surface area contributed by atoms with Gasteiger partial charge in [-0.15, -0.1) is 0 Å². The highest BCUT2D eigenvalue weighted by molar-refractivity contribution is 5.94. The molecule has 0 spiro atoms. The zero-order valence-electron chi connectivity index (χ0n) is 11.8. The number of methoxy groups -OCH3 is 1. The molecule has 104 valence electrons. The summed E-state index contributed by atoms with van der Waals surface area (Å²) in [5.41, 5.74) is -0.155. The normalized spacial score (nSPS) is 10.8. The van der Waals surface area contributed by atoms with E-state index in [0.29, 0.717) is 11.3 Å². The zero-order valence-corrected chi connectivity index (χ0v) is 11.8. The van der Waals surface area contributed by atoms with Crippen molar-refractivity contribution in [3.63, 3.8) is 0 Å². The van der Waals surface area contributed by atoms with Gasteiger partial charge in [0.05, 0.1) is 7.11 Å². The molecule has 0 aliphatic rings. The highest BCUT2D eigenvalue weighted by Crippen LogP contribution is 2.29. The Hall–Kier alpha value is -2.04. The summed E-state index contributed by atoms with van der Waals surface area (Å²) in [4.78, 5) is 22.8. The van der Waals surface area contributed by atoms with Gasteiger partial charge in [-0.1, -0.05) is 0 Å². The summed E-state index contributed by atoms with van der Waals surface area (Å²) >= 11 is 0. The number of hydrogen-bond acceptors (Lipinski definition) is 5. The largest absolute Gasteiger partial charge is 0.514 e. The third kappa shape index (κ3) is 4.62. The van der Waals surface area contributed by atoms with Gasteiger partial charge in [0.25, 0.3) is 0 Å². The van der Waals surface area contributed by atoms with Gasteiger partial charge >= 0.3 is 6.16 Å². The van der Waals surface area contributed by atoms with Crippen molar-refractivity contribution in [2.75, 3.05) is 7.11 Å². The van der Waals surface area contributed by atoms with Crippen molar-refractivity contribution >= 4 is 11.9 Å². The van der Waals surface area contributed by atoms with E-state index < -0.39 is 11.8 Å². The summed E-state index contributed by atoms with van der Waals surface area (Å²) < 4.78 is 15.2. The van der Waals surface area contributed by atoms with Gasteiger partial charge in [0.1, 0.15) is 5.60 Å². The molecular formula is C14H18O5. The van der Waals surface area contributed by atoms with Gasteiger partial charge in [-0.3, -0.25) is 4.79 Å². The second-order valence-electron chi connectivity index (χ2n) is 4.99. The Bertz CT molecular complexity index is 485. The molecule has 0 unspecified atom stereocenters. The predicted octanol–water partition coefficient (Wildman–Crippen LogP) is 3.21.